The van der Waals surface area contributed by atoms with Gasteiger partial charge in [0.1, 0.15) is 0 Å². The number of benzene rings is 1. The minimum atomic E-state index is -0.447. The summed E-state index contributed by atoms with van der Waals surface area (Å²) < 4.78 is 1.96. The van der Waals surface area contributed by atoms with E-state index in [2.05, 4.69) is 32.9 Å². The van der Waals surface area contributed by atoms with Crippen LogP contribution in [0.4, 0.5) is 0 Å². The van der Waals surface area contributed by atoms with Crippen LogP contribution < -0.4 is 5.73 Å². The van der Waals surface area contributed by atoms with Gasteiger partial charge in [-0.25, -0.2) is 4.68 Å². The number of hydrogen-bond acceptors (Lipinski definition) is 3. The fourth-order valence-corrected chi connectivity index (χ4v) is 3.15. The Hall–Kier alpha value is -2.14. The Labute approximate surface area is 150 Å². The molecule has 2 N–H and O–H groups in total. The smallest absolute Gasteiger partial charge is 0.239 e. The largest absolute Gasteiger partial charge is 0.340 e. The molecule has 1 atom stereocenters. The van der Waals surface area contributed by atoms with Crippen molar-refractivity contribution < 1.29 is 4.79 Å². The van der Waals surface area contributed by atoms with E-state index in [4.69, 9.17) is 10.8 Å². The van der Waals surface area contributed by atoms with E-state index in [0.29, 0.717) is 18.9 Å². The van der Waals surface area contributed by atoms with Gasteiger partial charge >= 0.3 is 0 Å². The Morgan fingerprint density at radius 3 is 2.48 bits per heavy atom. The normalized spacial score (nSPS) is 12.5. The molecule has 2 aromatic rings. The molecule has 0 saturated carbocycles. The van der Waals surface area contributed by atoms with Crippen LogP contribution in [0.1, 0.15) is 42.8 Å². The summed E-state index contributed by atoms with van der Waals surface area (Å²) >= 11 is 0. The van der Waals surface area contributed by atoms with Gasteiger partial charge in [-0.3, -0.25) is 4.79 Å². The molecule has 0 aliphatic heterocycles. The average molecular weight is 342 g/mol. The molecule has 1 aromatic heterocycles. The first-order chi connectivity index (χ1) is 11.7. The number of aryl methyl sites for hydroxylation is 2. The van der Waals surface area contributed by atoms with Crippen LogP contribution in [0.25, 0.3) is 5.69 Å². The molecule has 25 heavy (non-hydrogen) atoms. The second-order valence-electron chi connectivity index (χ2n) is 7.28. The second-order valence-corrected chi connectivity index (χ2v) is 7.28. The van der Waals surface area contributed by atoms with Crippen LogP contribution in [-0.4, -0.2) is 33.7 Å². The van der Waals surface area contributed by atoms with E-state index in [1.807, 2.05) is 37.7 Å². The van der Waals surface area contributed by atoms with Crippen LogP contribution in [0.5, 0.6) is 0 Å². The Balaban J connectivity index is 2.24. The molecular weight excluding hydrogens is 312 g/mol. The van der Waals surface area contributed by atoms with E-state index < -0.39 is 6.04 Å². The topological polar surface area (TPSA) is 64.2 Å². The number of para-hydroxylation sites is 1. The number of nitrogens with two attached hydrogens (primary N) is 1. The molecule has 136 valence electrons. The zero-order valence-electron chi connectivity index (χ0n) is 16.2. The number of carbonyl (C=O) groups excluding carboxylic acids is 1. The lowest BCUT2D eigenvalue weighted by molar-refractivity contribution is -0.132. The summed E-state index contributed by atoms with van der Waals surface area (Å²) in [5.74, 6) is 0.385. The van der Waals surface area contributed by atoms with Crippen molar-refractivity contribution in [1.29, 1.82) is 0 Å². The molecular formula is C20H30N4O. The lowest BCUT2D eigenvalue weighted by Gasteiger charge is -2.22. The molecule has 0 aliphatic carbocycles. The summed E-state index contributed by atoms with van der Waals surface area (Å²) in [4.78, 5) is 14.2. The molecule has 0 fully saturated rings. The van der Waals surface area contributed by atoms with Crippen LogP contribution >= 0.6 is 0 Å². The number of hydrogen-bond donors (Lipinski definition) is 1. The molecule has 5 nitrogen and oxygen atoms in total. The maximum Gasteiger partial charge on any atom is 0.239 e. The fraction of sp³-hybridized carbons (Fsp3) is 0.500. The third-order valence-electron chi connectivity index (χ3n) is 4.60. The minimum absolute atomic E-state index is 0.0175. The van der Waals surface area contributed by atoms with Gasteiger partial charge < -0.3 is 10.6 Å². The maximum atomic E-state index is 12.5. The highest BCUT2D eigenvalue weighted by atomic mass is 16.2. The highest BCUT2D eigenvalue weighted by molar-refractivity contribution is 5.81. The first kappa shape index (κ1) is 19.2. The van der Waals surface area contributed by atoms with E-state index in [1.165, 1.54) is 5.56 Å². The van der Waals surface area contributed by atoms with Gasteiger partial charge in [-0.2, -0.15) is 5.10 Å². The second kappa shape index (κ2) is 7.83. The average Bonchev–Trinajstić information content (AvgIpc) is 2.82. The lowest BCUT2D eigenvalue weighted by atomic mass is 10.0. The quantitative estimate of drug-likeness (QED) is 0.877. The van der Waals surface area contributed by atoms with Gasteiger partial charge in [0, 0.05) is 24.8 Å². The number of rotatable bonds is 6. The molecule has 1 heterocycles. The molecule has 0 spiro atoms. The van der Waals surface area contributed by atoms with Gasteiger partial charge in [0.15, 0.2) is 0 Å². The van der Waals surface area contributed by atoms with Crippen LogP contribution in [0.3, 0.4) is 0 Å². The summed E-state index contributed by atoms with van der Waals surface area (Å²) in [7, 11) is 1.81. The van der Waals surface area contributed by atoms with Crippen LogP contribution in [-0.2, 0) is 11.3 Å². The van der Waals surface area contributed by atoms with Crippen molar-refractivity contribution in [3.8, 4) is 5.69 Å². The Kier molecular flexibility index (Phi) is 6.01. The molecule has 0 unspecified atom stereocenters. The predicted octanol–water partition coefficient (Wildman–Crippen LogP) is 3.13. The molecule has 0 bridgehead atoms. The van der Waals surface area contributed by atoms with E-state index in [0.717, 1.165) is 22.6 Å². The van der Waals surface area contributed by atoms with Gasteiger partial charge in [0.2, 0.25) is 5.91 Å². The minimum Gasteiger partial charge on any atom is -0.340 e. The van der Waals surface area contributed by atoms with Crippen molar-refractivity contribution >= 4 is 5.91 Å². The molecule has 1 amide bonds. The number of amides is 1. The third kappa shape index (κ3) is 4.28. The maximum absolute atomic E-state index is 12.5. The van der Waals surface area contributed by atoms with E-state index in [9.17, 15) is 4.79 Å². The number of nitrogens with zero attached hydrogens (tertiary/aromatic N) is 3. The number of carbonyl (C=O) groups is 1. The van der Waals surface area contributed by atoms with Crippen molar-refractivity contribution in [2.45, 2.75) is 53.6 Å². The zero-order valence-corrected chi connectivity index (χ0v) is 16.2. The SMILES string of the molecule is Cc1ccccc1-n1nc(C)c(CN(C)C(=O)[C@@H](N)CC(C)C)c1C. The van der Waals surface area contributed by atoms with E-state index >= 15 is 0 Å². The van der Waals surface area contributed by atoms with Gasteiger partial charge in [-0.05, 0) is 44.7 Å². The van der Waals surface area contributed by atoms with E-state index in [1.54, 1.807) is 4.90 Å². The van der Waals surface area contributed by atoms with Crippen molar-refractivity contribution in [1.82, 2.24) is 14.7 Å². The van der Waals surface area contributed by atoms with E-state index in [-0.39, 0.29) is 5.91 Å². The Morgan fingerprint density at radius 1 is 1.24 bits per heavy atom. The lowest BCUT2D eigenvalue weighted by Crippen LogP contribution is -2.42. The molecule has 0 saturated heterocycles. The fourth-order valence-electron chi connectivity index (χ4n) is 3.15. The van der Waals surface area contributed by atoms with Gasteiger partial charge in [-0.1, -0.05) is 32.0 Å². The van der Waals surface area contributed by atoms with Gasteiger partial charge in [0.25, 0.3) is 0 Å². The van der Waals surface area contributed by atoms with Crippen molar-refractivity contribution in [3.63, 3.8) is 0 Å². The number of aromatic nitrogens is 2. The van der Waals surface area contributed by atoms with Crippen LogP contribution in [0.15, 0.2) is 24.3 Å². The predicted molar refractivity (Wildman–Crippen MR) is 102 cm³/mol. The Morgan fingerprint density at radius 2 is 1.88 bits per heavy atom. The number of likely N-dealkylation sites (N-methyl/N-ethyl adjacent to an activating group) is 1. The summed E-state index contributed by atoms with van der Waals surface area (Å²) in [5.41, 5.74) is 11.4. The van der Waals surface area contributed by atoms with Crippen LogP contribution in [0, 0.1) is 26.7 Å². The van der Waals surface area contributed by atoms with Crippen LogP contribution in [0.2, 0.25) is 0 Å². The molecule has 0 aliphatic rings. The molecule has 2 rings (SSSR count). The monoisotopic (exact) mass is 342 g/mol. The summed E-state index contributed by atoms with van der Waals surface area (Å²) in [5, 5.41) is 4.69. The molecule has 5 heteroatoms. The summed E-state index contributed by atoms with van der Waals surface area (Å²) in [6, 6.07) is 7.72. The van der Waals surface area contributed by atoms with Gasteiger partial charge in [-0.15, -0.1) is 0 Å². The standard InChI is InChI=1S/C20H30N4O/c1-13(2)11-18(21)20(25)23(6)12-17-15(4)22-24(16(17)5)19-10-8-7-9-14(19)3/h7-10,13,18H,11-12,21H2,1-6H3/t18-/m0/s1. The summed E-state index contributed by atoms with van der Waals surface area (Å²) in [6.07, 6.45) is 0.698. The highest BCUT2D eigenvalue weighted by Crippen LogP contribution is 2.21. The van der Waals surface area contributed by atoms with Crippen molar-refractivity contribution in [2.75, 3.05) is 7.05 Å². The van der Waals surface area contributed by atoms with Crippen molar-refractivity contribution in [2.24, 2.45) is 11.7 Å². The summed E-state index contributed by atoms with van der Waals surface area (Å²) in [6.45, 7) is 10.8. The first-order valence-electron chi connectivity index (χ1n) is 8.84. The molecule has 0 radical (unpaired) electrons. The Bertz CT molecular complexity index is 748. The zero-order chi connectivity index (χ0) is 18.7. The first-order valence-corrected chi connectivity index (χ1v) is 8.84. The van der Waals surface area contributed by atoms with Crippen molar-refractivity contribution in [3.05, 3.63) is 46.8 Å². The molecule has 1 aromatic carbocycles. The van der Waals surface area contributed by atoms with Gasteiger partial charge in [0.05, 0.1) is 17.4 Å². The third-order valence-corrected chi connectivity index (χ3v) is 4.60. The highest BCUT2D eigenvalue weighted by Gasteiger charge is 2.22.